The van der Waals surface area contributed by atoms with Crippen LogP contribution in [0.2, 0.25) is 0 Å². The summed E-state index contributed by atoms with van der Waals surface area (Å²) in [4.78, 5) is 26.2. The van der Waals surface area contributed by atoms with Crippen LogP contribution in [0.3, 0.4) is 0 Å². The molecule has 2 aliphatic rings. The molecular weight excluding hydrogens is 444 g/mol. The number of amides is 1. The SMILES string of the molecule is CC(=O)c1ccc(C(=O)N2CCC3(CC2)OCCN3S(=O)(=O)c2ccc(C(C)O)cc2)cc1. The van der Waals surface area contributed by atoms with Crippen LogP contribution in [0.15, 0.2) is 53.4 Å². The number of ether oxygens (including phenoxy) is 1. The predicted molar refractivity (Wildman–Crippen MR) is 121 cm³/mol. The first-order chi connectivity index (χ1) is 15.6. The highest BCUT2D eigenvalue weighted by molar-refractivity contribution is 7.89. The third-order valence-electron chi connectivity index (χ3n) is 6.44. The van der Waals surface area contributed by atoms with E-state index in [1.54, 1.807) is 48.2 Å². The Morgan fingerprint density at radius 3 is 2.09 bits per heavy atom. The van der Waals surface area contributed by atoms with Gasteiger partial charge in [0.05, 0.1) is 17.6 Å². The monoisotopic (exact) mass is 472 g/mol. The van der Waals surface area contributed by atoms with Gasteiger partial charge in [-0.05, 0) is 43.7 Å². The summed E-state index contributed by atoms with van der Waals surface area (Å²) in [5, 5.41) is 9.69. The number of aliphatic hydroxyl groups excluding tert-OH is 1. The number of hydrogen-bond donors (Lipinski definition) is 1. The molecule has 2 aromatic rings. The molecule has 33 heavy (non-hydrogen) atoms. The zero-order valence-corrected chi connectivity index (χ0v) is 19.5. The molecule has 176 valence electrons. The number of sulfonamides is 1. The molecule has 1 atom stereocenters. The largest absolute Gasteiger partial charge is 0.389 e. The van der Waals surface area contributed by atoms with E-state index in [1.165, 1.54) is 23.4 Å². The van der Waals surface area contributed by atoms with Gasteiger partial charge in [-0.15, -0.1) is 0 Å². The molecule has 1 spiro atoms. The van der Waals surface area contributed by atoms with E-state index in [2.05, 4.69) is 0 Å². The Kier molecular flexibility index (Phi) is 6.41. The van der Waals surface area contributed by atoms with Gasteiger partial charge in [0, 0.05) is 43.6 Å². The Bertz CT molecular complexity index is 1130. The molecule has 1 unspecified atom stereocenters. The molecule has 0 saturated carbocycles. The second-order valence-corrected chi connectivity index (χ2v) is 10.4. The first-order valence-corrected chi connectivity index (χ1v) is 12.4. The van der Waals surface area contributed by atoms with Crippen molar-refractivity contribution in [2.45, 2.75) is 43.4 Å². The molecule has 2 aliphatic heterocycles. The van der Waals surface area contributed by atoms with E-state index in [0.717, 1.165) is 0 Å². The molecule has 0 radical (unpaired) electrons. The van der Waals surface area contributed by atoms with E-state index < -0.39 is 21.9 Å². The van der Waals surface area contributed by atoms with Crippen LogP contribution < -0.4 is 0 Å². The van der Waals surface area contributed by atoms with Crippen LogP contribution >= 0.6 is 0 Å². The third-order valence-corrected chi connectivity index (χ3v) is 8.40. The van der Waals surface area contributed by atoms with Gasteiger partial charge in [-0.2, -0.15) is 4.31 Å². The smallest absolute Gasteiger partial charge is 0.253 e. The number of rotatable bonds is 5. The Balaban J connectivity index is 1.48. The highest BCUT2D eigenvalue weighted by Gasteiger charge is 2.51. The molecule has 1 amide bonds. The summed E-state index contributed by atoms with van der Waals surface area (Å²) in [7, 11) is -3.80. The maximum atomic E-state index is 13.4. The first kappa shape index (κ1) is 23.6. The standard InChI is InChI=1S/C24H28N2O6S/c1-17(27)19-3-5-21(6-4-19)23(29)25-13-11-24(12-14-25)26(15-16-32-24)33(30,31)22-9-7-20(8-10-22)18(2)28/h3-10,18,28H,11-16H2,1-2H3. The lowest BCUT2D eigenvalue weighted by molar-refractivity contribution is -0.0857. The molecule has 8 nitrogen and oxygen atoms in total. The lowest BCUT2D eigenvalue weighted by Gasteiger charge is -2.42. The van der Waals surface area contributed by atoms with Crippen molar-refractivity contribution in [2.75, 3.05) is 26.2 Å². The van der Waals surface area contributed by atoms with Crippen molar-refractivity contribution >= 4 is 21.7 Å². The number of benzene rings is 2. The Morgan fingerprint density at radius 2 is 1.55 bits per heavy atom. The summed E-state index contributed by atoms with van der Waals surface area (Å²) >= 11 is 0. The normalized spacial score (nSPS) is 19.5. The Labute approximate surface area is 193 Å². The van der Waals surface area contributed by atoms with Crippen molar-refractivity contribution < 1.29 is 27.9 Å². The number of aliphatic hydroxyl groups is 1. The molecule has 4 rings (SSSR count). The van der Waals surface area contributed by atoms with Crippen LogP contribution in [0.25, 0.3) is 0 Å². The van der Waals surface area contributed by atoms with E-state index in [-0.39, 0.29) is 23.1 Å². The van der Waals surface area contributed by atoms with Crippen molar-refractivity contribution in [2.24, 2.45) is 0 Å². The van der Waals surface area contributed by atoms with Crippen LogP contribution in [0.4, 0.5) is 0 Å². The number of Topliss-reactive ketones (excluding diaryl/α,β-unsaturated/α-hetero) is 1. The summed E-state index contributed by atoms with van der Waals surface area (Å²) in [6, 6.07) is 12.8. The zero-order chi connectivity index (χ0) is 23.8. The Morgan fingerprint density at radius 1 is 0.970 bits per heavy atom. The van der Waals surface area contributed by atoms with Gasteiger partial charge in [0.15, 0.2) is 5.78 Å². The number of likely N-dealkylation sites (tertiary alicyclic amines) is 1. The van der Waals surface area contributed by atoms with E-state index in [0.29, 0.717) is 49.2 Å². The minimum Gasteiger partial charge on any atom is -0.389 e. The lowest BCUT2D eigenvalue weighted by atomic mass is 9.99. The maximum Gasteiger partial charge on any atom is 0.253 e. The molecule has 0 bridgehead atoms. The lowest BCUT2D eigenvalue weighted by Crippen LogP contribution is -2.55. The number of ketones is 1. The molecule has 2 aromatic carbocycles. The van der Waals surface area contributed by atoms with Gasteiger partial charge in [0.1, 0.15) is 5.72 Å². The van der Waals surface area contributed by atoms with Crippen molar-refractivity contribution in [3.63, 3.8) is 0 Å². The van der Waals surface area contributed by atoms with Crippen LogP contribution in [0.5, 0.6) is 0 Å². The van der Waals surface area contributed by atoms with Crippen molar-refractivity contribution in [3.8, 4) is 0 Å². The summed E-state index contributed by atoms with van der Waals surface area (Å²) in [5.41, 5.74) is 0.707. The van der Waals surface area contributed by atoms with E-state index >= 15 is 0 Å². The quantitative estimate of drug-likeness (QED) is 0.671. The molecule has 1 N–H and O–H groups in total. The van der Waals surface area contributed by atoms with Crippen LogP contribution in [-0.4, -0.2) is 66.4 Å². The summed E-state index contributed by atoms with van der Waals surface area (Å²) in [6.45, 7) is 4.37. The van der Waals surface area contributed by atoms with Crippen LogP contribution in [0.1, 0.15) is 59.1 Å². The fourth-order valence-corrected chi connectivity index (χ4v) is 6.18. The van der Waals surface area contributed by atoms with Gasteiger partial charge in [0.2, 0.25) is 10.0 Å². The summed E-state index contributed by atoms with van der Waals surface area (Å²) < 4.78 is 34.2. The number of carbonyl (C=O) groups excluding carboxylic acids is 2. The van der Waals surface area contributed by atoms with Gasteiger partial charge in [-0.3, -0.25) is 9.59 Å². The zero-order valence-electron chi connectivity index (χ0n) is 18.7. The number of piperidine rings is 1. The Hall–Kier alpha value is -2.59. The second-order valence-electron chi connectivity index (χ2n) is 8.54. The average Bonchev–Trinajstić information content (AvgIpc) is 3.23. The molecule has 2 heterocycles. The van der Waals surface area contributed by atoms with Crippen molar-refractivity contribution in [3.05, 3.63) is 65.2 Å². The van der Waals surface area contributed by atoms with Gasteiger partial charge >= 0.3 is 0 Å². The van der Waals surface area contributed by atoms with Gasteiger partial charge < -0.3 is 14.7 Å². The molecule has 9 heteroatoms. The third kappa shape index (κ3) is 4.46. The molecule has 2 fully saturated rings. The summed E-state index contributed by atoms with van der Waals surface area (Å²) in [6.07, 6.45) is 0.0635. The molecular formula is C24H28N2O6S. The minimum atomic E-state index is -3.80. The van der Waals surface area contributed by atoms with Gasteiger partial charge in [-0.1, -0.05) is 24.3 Å². The number of carbonyl (C=O) groups is 2. The fraction of sp³-hybridized carbons (Fsp3) is 0.417. The average molecular weight is 473 g/mol. The molecule has 0 aliphatic carbocycles. The summed E-state index contributed by atoms with van der Waals surface area (Å²) in [5.74, 6) is -0.213. The highest BCUT2D eigenvalue weighted by Crippen LogP contribution is 2.38. The van der Waals surface area contributed by atoms with Crippen molar-refractivity contribution in [1.29, 1.82) is 0 Å². The molecule has 0 aromatic heterocycles. The predicted octanol–water partition coefficient (Wildman–Crippen LogP) is 2.60. The maximum absolute atomic E-state index is 13.4. The van der Waals surface area contributed by atoms with Gasteiger partial charge in [0.25, 0.3) is 5.91 Å². The van der Waals surface area contributed by atoms with E-state index in [9.17, 15) is 23.1 Å². The fourth-order valence-electron chi connectivity index (χ4n) is 4.46. The van der Waals surface area contributed by atoms with Crippen LogP contribution in [-0.2, 0) is 14.8 Å². The molecule has 2 saturated heterocycles. The number of hydrogen-bond acceptors (Lipinski definition) is 6. The van der Waals surface area contributed by atoms with Gasteiger partial charge in [-0.25, -0.2) is 8.42 Å². The minimum absolute atomic E-state index is 0.0610. The first-order valence-electron chi connectivity index (χ1n) is 11.0. The van der Waals surface area contributed by atoms with E-state index in [1.807, 2.05) is 0 Å². The second kappa shape index (κ2) is 8.98. The topological polar surface area (TPSA) is 104 Å². The van der Waals surface area contributed by atoms with Crippen molar-refractivity contribution in [1.82, 2.24) is 9.21 Å². The van der Waals surface area contributed by atoms with E-state index in [4.69, 9.17) is 4.74 Å². The number of nitrogens with zero attached hydrogens (tertiary/aromatic N) is 2. The highest BCUT2D eigenvalue weighted by atomic mass is 32.2. The van der Waals surface area contributed by atoms with Crippen LogP contribution in [0, 0.1) is 0 Å².